The van der Waals surface area contributed by atoms with Crippen LogP contribution in [0.5, 0.6) is 17.2 Å². The SMILES string of the molecule is CC(=O)Oc1cc(C(=O)N(c2ccccn2)C(C)c2ccco2)cc(OC(C)=O)c1OC(C)=O. The minimum Gasteiger partial charge on any atom is -0.467 e. The Hall–Kier alpha value is -4.47. The lowest BCUT2D eigenvalue weighted by Crippen LogP contribution is -2.34. The summed E-state index contributed by atoms with van der Waals surface area (Å²) in [6.07, 6.45) is 3.02. The molecule has 0 fully saturated rings. The van der Waals surface area contributed by atoms with Crippen molar-refractivity contribution in [3.8, 4) is 17.2 Å². The van der Waals surface area contributed by atoms with Gasteiger partial charge in [0.1, 0.15) is 11.6 Å². The van der Waals surface area contributed by atoms with Crippen molar-refractivity contribution in [1.29, 1.82) is 0 Å². The predicted octanol–water partition coefficient (Wildman–Crippen LogP) is 3.86. The molecule has 1 amide bonds. The van der Waals surface area contributed by atoms with E-state index < -0.39 is 29.9 Å². The molecule has 1 aromatic carbocycles. The second-order valence-electron chi connectivity index (χ2n) is 7.14. The number of hydrogen-bond acceptors (Lipinski definition) is 9. The lowest BCUT2D eigenvalue weighted by Gasteiger charge is -2.27. The Balaban J connectivity index is 2.17. The van der Waals surface area contributed by atoms with E-state index in [0.29, 0.717) is 11.6 Å². The number of anilines is 1. The van der Waals surface area contributed by atoms with Gasteiger partial charge in [0.15, 0.2) is 11.5 Å². The molecule has 3 rings (SSSR count). The number of furan rings is 1. The van der Waals surface area contributed by atoms with E-state index >= 15 is 0 Å². The van der Waals surface area contributed by atoms with Crippen molar-refractivity contribution < 1.29 is 37.8 Å². The maximum absolute atomic E-state index is 13.7. The molecule has 10 nitrogen and oxygen atoms in total. The van der Waals surface area contributed by atoms with Crippen LogP contribution in [0, 0.1) is 0 Å². The molecular weight excluding hydrogens is 444 g/mol. The van der Waals surface area contributed by atoms with E-state index in [1.165, 1.54) is 29.5 Å². The summed E-state index contributed by atoms with van der Waals surface area (Å²) in [7, 11) is 0. The van der Waals surface area contributed by atoms with E-state index in [4.69, 9.17) is 18.6 Å². The second kappa shape index (κ2) is 10.4. The average Bonchev–Trinajstić information content (AvgIpc) is 3.30. The van der Waals surface area contributed by atoms with Crippen LogP contribution in [0.2, 0.25) is 0 Å². The number of nitrogens with zero attached hydrogens (tertiary/aromatic N) is 2. The molecule has 0 aliphatic carbocycles. The van der Waals surface area contributed by atoms with E-state index in [9.17, 15) is 19.2 Å². The van der Waals surface area contributed by atoms with Crippen LogP contribution in [0.4, 0.5) is 5.82 Å². The van der Waals surface area contributed by atoms with Gasteiger partial charge >= 0.3 is 17.9 Å². The fourth-order valence-electron chi connectivity index (χ4n) is 3.18. The summed E-state index contributed by atoms with van der Waals surface area (Å²) in [5, 5.41) is 0. The minimum absolute atomic E-state index is 0.0209. The Kier molecular flexibility index (Phi) is 7.42. The normalized spacial score (nSPS) is 11.3. The van der Waals surface area contributed by atoms with Gasteiger partial charge in [-0.2, -0.15) is 0 Å². The third-order valence-electron chi connectivity index (χ3n) is 4.48. The smallest absolute Gasteiger partial charge is 0.308 e. The Morgan fingerprint density at radius 1 is 0.882 bits per heavy atom. The number of rotatable bonds is 7. The number of esters is 3. The Morgan fingerprint density at radius 2 is 1.50 bits per heavy atom. The topological polar surface area (TPSA) is 125 Å². The molecule has 2 heterocycles. The maximum atomic E-state index is 13.7. The van der Waals surface area contributed by atoms with Crippen molar-refractivity contribution in [3.63, 3.8) is 0 Å². The molecule has 1 atom stereocenters. The van der Waals surface area contributed by atoms with Crippen LogP contribution in [0.25, 0.3) is 0 Å². The molecule has 0 radical (unpaired) electrons. The predicted molar refractivity (Wildman–Crippen MR) is 119 cm³/mol. The van der Waals surface area contributed by atoms with Crippen LogP contribution in [0.3, 0.4) is 0 Å². The Labute approximate surface area is 195 Å². The standard InChI is InChI=1S/C24H22N2O8/c1-14(19-8-7-11-31-19)26(22-9-5-6-10-25-22)24(30)18-12-20(32-15(2)27)23(34-17(4)29)21(13-18)33-16(3)28/h5-14H,1-4H3. The molecule has 0 spiro atoms. The molecule has 3 aromatic rings. The third kappa shape index (κ3) is 5.66. The molecule has 0 saturated heterocycles. The van der Waals surface area contributed by atoms with Crippen molar-refractivity contribution in [3.05, 3.63) is 66.2 Å². The summed E-state index contributed by atoms with van der Waals surface area (Å²) >= 11 is 0. The van der Waals surface area contributed by atoms with Crippen LogP contribution in [0.1, 0.15) is 49.9 Å². The Morgan fingerprint density at radius 3 is 1.97 bits per heavy atom. The summed E-state index contributed by atoms with van der Waals surface area (Å²) in [4.78, 5) is 54.4. The molecule has 34 heavy (non-hydrogen) atoms. The molecule has 0 bridgehead atoms. The van der Waals surface area contributed by atoms with Gasteiger partial charge in [-0.3, -0.25) is 24.1 Å². The zero-order valence-corrected chi connectivity index (χ0v) is 18.9. The van der Waals surface area contributed by atoms with Crippen molar-refractivity contribution in [2.24, 2.45) is 0 Å². The minimum atomic E-state index is -0.748. The van der Waals surface area contributed by atoms with Crippen LogP contribution in [-0.4, -0.2) is 28.8 Å². The Bertz CT molecular complexity index is 1170. The summed E-state index contributed by atoms with van der Waals surface area (Å²) < 4.78 is 20.9. The molecule has 1 unspecified atom stereocenters. The van der Waals surface area contributed by atoms with E-state index in [1.54, 1.807) is 37.3 Å². The molecule has 0 N–H and O–H groups in total. The first kappa shape index (κ1) is 24.2. The molecule has 0 saturated carbocycles. The van der Waals surface area contributed by atoms with Crippen LogP contribution in [0.15, 0.2) is 59.3 Å². The zero-order valence-electron chi connectivity index (χ0n) is 18.9. The number of carbonyl (C=O) groups is 4. The summed E-state index contributed by atoms with van der Waals surface area (Å²) in [5.74, 6) is -2.82. The number of hydrogen-bond donors (Lipinski definition) is 0. The zero-order chi connectivity index (χ0) is 24.8. The summed E-state index contributed by atoms with van der Waals surface area (Å²) in [6.45, 7) is 5.15. The lowest BCUT2D eigenvalue weighted by atomic mass is 10.1. The van der Waals surface area contributed by atoms with Gasteiger partial charge in [-0.15, -0.1) is 0 Å². The number of aromatic nitrogens is 1. The highest BCUT2D eigenvalue weighted by Crippen LogP contribution is 2.40. The van der Waals surface area contributed by atoms with Gasteiger partial charge in [0, 0.05) is 32.5 Å². The molecule has 10 heteroatoms. The maximum Gasteiger partial charge on any atom is 0.308 e. The van der Waals surface area contributed by atoms with Gasteiger partial charge in [0.25, 0.3) is 5.91 Å². The molecule has 2 aromatic heterocycles. The van der Waals surface area contributed by atoms with Crippen LogP contribution < -0.4 is 19.1 Å². The fraction of sp³-hybridized carbons (Fsp3) is 0.208. The van der Waals surface area contributed by atoms with Crippen LogP contribution in [-0.2, 0) is 14.4 Å². The van der Waals surface area contributed by atoms with Gasteiger partial charge in [0.2, 0.25) is 5.75 Å². The quantitative estimate of drug-likeness (QED) is 0.377. The summed E-state index contributed by atoms with van der Waals surface area (Å²) in [6, 6.07) is 10.3. The van der Waals surface area contributed by atoms with Gasteiger partial charge in [0.05, 0.1) is 12.3 Å². The van der Waals surface area contributed by atoms with Gasteiger partial charge in [-0.25, -0.2) is 4.98 Å². The monoisotopic (exact) mass is 466 g/mol. The van der Waals surface area contributed by atoms with E-state index in [1.807, 2.05) is 0 Å². The molecular formula is C24H22N2O8. The molecule has 176 valence electrons. The largest absolute Gasteiger partial charge is 0.467 e. The van der Waals surface area contributed by atoms with E-state index in [2.05, 4.69) is 4.98 Å². The number of amides is 1. The van der Waals surface area contributed by atoms with E-state index in [-0.39, 0.29) is 22.8 Å². The highest BCUT2D eigenvalue weighted by molar-refractivity contribution is 6.07. The second-order valence-corrected chi connectivity index (χ2v) is 7.14. The highest BCUT2D eigenvalue weighted by Gasteiger charge is 2.30. The van der Waals surface area contributed by atoms with Gasteiger partial charge in [-0.05, 0) is 43.3 Å². The van der Waals surface area contributed by atoms with Crippen molar-refractivity contribution >= 4 is 29.6 Å². The lowest BCUT2D eigenvalue weighted by molar-refractivity contribution is -0.135. The van der Waals surface area contributed by atoms with Crippen molar-refractivity contribution in [2.75, 3.05) is 4.90 Å². The van der Waals surface area contributed by atoms with Crippen LogP contribution >= 0.6 is 0 Å². The first-order valence-corrected chi connectivity index (χ1v) is 10.2. The summed E-state index contributed by atoms with van der Waals surface area (Å²) in [5.41, 5.74) is -0.0209. The fourth-order valence-corrected chi connectivity index (χ4v) is 3.18. The van der Waals surface area contributed by atoms with Crippen molar-refractivity contribution in [2.45, 2.75) is 33.7 Å². The van der Waals surface area contributed by atoms with Crippen molar-refractivity contribution in [1.82, 2.24) is 4.98 Å². The van der Waals surface area contributed by atoms with E-state index in [0.717, 1.165) is 20.8 Å². The number of ether oxygens (including phenoxy) is 3. The first-order chi connectivity index (χ1) is 16.2. The third-order valence-corrected chi connectivity index (χ3v) is 4.48. The molecule has 0 aliphatic rings. The van der Waals surface area contributed by atoms with Gasteiger partial charge < -0.3 is 18.6 Å². The number of pyridine rings is 1. The molecule has 0 aliphatic heterocycles. The number of carbonyl (C=O) groups excluding carboxylic acids is 4. The van der Waals surface area contributed by atoms with Gasteiger partial charge in [-0.1, -0.05) is 6.07 Å². The average molecular weight is 466 g/mol. The number of benzene rings is 1. The highest BCUT2D eigenvalue weighted by atomic mass is 16.6. The first-order valence-electron chi connectivity index (χ1n) is 10.2.